The Labute approximate surface area is 173 Å². The highest BCUT2D eigenvalue weighted by Gasteiger charge is 2.30. The van der Waals surface area contributed by atoms with Gasteiger partial charge in [-0.1, -0.05) is 31.0 Å². The summed E-state index contributed by atoms with van der Waals surface area (Å²) in [6.45, 7) is 0. The van der Waals surface area contributed by atoms with E-state index in [4.69, 9.17) is 4.74 Å². The summed E-state index contributed by atoms with van der Waals surface area (Å²) in [6, 6.07) is 12.9. The molecule has 1 aliphatic carbocycles. The largest absolute Gasteiger partial charge is 0.497 e. The van der Waals surface area contributed by atoms with E-state index in [0.29, 0.717) is 22.8 Å². The molecular formula is C23H23FN2O2S. The van der Waals surface area contributed by atoms with E-state index in [1.165, 1.54) is 36.5 Å². The van der Waals surface area contributed by atoms with Crippen LogP contribution in [0.3, 0.4) is 0 Å². The number of nitrogens with one attached hydrogen (secondary N) is 1. The number of hydrogen-bond donors (Lipinski definition) is 1. The molecule has 0 saturated heterocycles. The van der Waals surface area contributed by atoms with Crippen LogP contribution in [0.4, 0.5) is 10.1 Å². The summed E-state index contributed by atoms with van der Waals surface area (Å²) in [5.41, 5.74) is 3.06. The molecule has 2 aromatic carbocycles. The normalized spacial score (nSPS) is 15.2. The molecule has 4 nitrogen and oxygen atoms in total. The first kappa shape index (κ1) is 19.6. The number of ketones is 1. The Hall–Kier alpha value is -2.73. The van der Waals surface area contributed by atoms with Crippen molar-refractivity contribution in [2.45, 2.75) is 37.6 Å². The molecule has 0 amide bonds. The van der Waals surface area contributed by atoms with Crippen molar-refractivity contribution in [3.05, 3.63) is 76.5 Å². The fraction of sp³-hybridized carbons (Fsp3) is 0.304. The van der Waals surface area contributed by atoms with Crippen molar-refractivity contribution in [1.82, 2.24) is 4.37 Å². The van der Waals surface area contributed by atoms with E-state index in [0.717, 1.165) is 24.2 Å². The van der Waals surface area contributed by atoms with Gasteiger partial charge in [-0.25, -0.2) is 4.39 Å². The van der Waals surface area contributed by atoms with E-state index in [-0.39, 0.29) is 11.6 Å². The smallest absolute Gasteiger partial charge is 0.192 e. The van der Waals surface area contributed by atoms with Crippen molar-refractivity contribution >= 4 is 23.0 Å². The highest BCUT2D eigenvalue weighted by Crippen LogP contribution is 2.37. The van der Waals surface area contributed by atoms with Gasteiger partial charge in [0.2, 0.25) is 0 Å². The van der Waals surface area contributed by atoms with Crippen molar-refractivity contribution in [1.29, 1.82) is 0 Å². The maximum Gasteiger partial charge on any atom is 0.192 e. The molecular weight excluding hydrogens is 387 g/mol. The minimum Gasteiger partial charge on any atom is -0.497 e. The number of anilines is 1. The number of benzene rings is 2. The molecule has 0 aliphatic heterocycles. The van der Waals surface area contributed by atoms with Gasteiger partial charge in [0.15, 0.2) is 5.78 Å². The molecule has 1 heterocycles. The Morgan fingerprint density at radius 3 is 2.69 bits per heavy atom. The number of hydrogen-bond acceptors (Lipinski definition) is 5. The molecule has 1 saturated carbocycles. The first-order chi connectivity index (χ1) is 14.2. The standard InChI is InChI=1S/C23H23FN2O2S/c1-28-19-8-4-7-18(13-19)25-22(16-9-11-17(24)12-10-16)23(27)20-14-29-26-21(20)15-5-2-3-6-15/h4,7-15,22,25H,2-3,5-6H2,1H3. The number of Topliss-reactive ketones (excluding diaryl/α,β-unsaturated/α-hetero) is 1. The lowest BCUT2D eigenvalue weighted by atomic mass is 9.92. The van der Waals surface area contributed by atoms with Crippen molar-refractivity contribution in [2.75, 3.05) is 12.4 Å². The molecule has 1 N–H and O–H groups in total. The lowest BCUT2D eigenvalue weighted by Gasteiger charge is -2.20. The zero-order valence-corrected chi connectivity index (χ0v) is 17.0. The van der Waals surface area contributed by atoms with Gasteiger partial charge in [0, 0.05) is 23.1 Å². The monoisotopic (exact) mass is 410 g/mol. The first-order valence-electron chi connectivity index (χ1n) is 9.80. The quantitative estimate of drug-likeness (QED) is 0.487. The van der Waals surface area contributed by atoms with Crippen LogP contribution in [0.25, 0.3) is 0 Å². The summed E-state index contributed by atoms with van der Waals surface area (Å²) < 4.78 is 23.3. The molecule has 4 rings (SSSR count). The molecule has 1 unspecified atom stereocenters. The second-order valence-corrected chi connectivity index (χ2v) is 7.95. The van der Waals surface area contributed by atoms with Gasteiger partial charge in [-0.3, -0.25) is 4.79 Å². The fourth-order valence-corrected chi connectivity index (χ4v) is 4.67. The molecule has 29 heavy (non-hydrogen) atoms. The van der Waals surface area contributed by atoms with Crippen LogP contribution in [0.5, 0.6) is 5.75 Å². The van der Waals surface area contributed by atoms with Gasteiger partial charge in [0.25, 0.3) is 0 Å². The number of methoxy groups -OCH3 is 1. The molecule has 0 spiro atoms. The summed E-state index contributed by atoms with van der Waals surface area (Å²) in [6.07, 6.45) is 4.52. The van der Waals surface area contributed by atoms with E-state index < -0.39 is 6.04 Å². The van der Waals surface area contributed by atoms with E-state index in [1.807, 2.05) is 29.6 Å². The number of rotatable bonds is 7. The maximum atomic E-state index is 13.6. The summed E-state index contributed by atoms with van der Waals surface area (Å²) in [7, 11) is 1.60. The number of carbonyl (C=O) groups is 1. The number of carbonyl (C=O) groups excluding carboxylic acids is 1. The van der Waals surface area contributed by atoms with Crippen LogP contribution in [0, 0.1) is 5.82 Å². The average molecular weight is 411 g/mol. The average Bonchev–Trinajstić information content (AvgIpc) is 3.44. The topological polar surface area (TPSA) is 51.2 Å². The number of halogens is 1. The van der Waals surface area contributed by atoms with Gasteiger partial charge >= 0.3 is 0 Å². The third-order valence-corrected chi connectivity index (χ3v) is 6.09. The maximum absolute atomic E-state index is 13.6. The summed E-state index contributed by atoms with van der Waals surface area (Å²) >= 11 is 1.33. The number of nitrogens with zero attached hydrogens (tertiary/aromatic N) is 1. The molecule has 1 fully saturated rings. The minimum absolute atomic E-state index is 0.0462. The van der Waals surface area contributed by atoms with Crippen LogP contribution in [0.2, 0.25) is 0 Å². The van der Waals surface area contributed by atoms with Crippen LogP contribution in [-0.2, 0) is 0 Å². The van der Waals surface area contributed by atoms with E-state index in [9.17, 15) is 9.18 Å². The van der Waals surface area contributed by atoms with Gasteiger partial charge in [-0.2, -0.15) is 4.37 Å². The van der Waals surface area contributed by atoms with Crippen molar-refractivity contribution in [2.24, 2.45) is 0 Å². The predicted octanol–water partition coefficient (Wildman–Crippen LogP) is 5.98. The Kier molecular flexibility index (Phi) is 5.90. The van der Waals surface area contributed by atoms with Crippen molar-refractivity contribution < 1.29 is 13.9 Å². The van der Waals surface area contributed by atoms with Gasteiger partial charge in [-0.05, 0) is 54.2 Å². The molecule has 6 heteroatoms. The molecule has 3 aromatic rings. The SMILES string of the molecule is COc1cccc(NC(C(=O)c2csnc2C2CCCC2)c2ccc(F)cc2)c1. The molecule has 0 radical (unpaired) electrons. The fourth-order valence-electron chi connectivity index (χ4n) is 3.91. The second kappa shape index (κ2) is 8.74. The van der Waals surface area contributed by atoms with Crippen LogP contribution in [-0.4, -0.2) is 17.3 Å². The van der Waals surface area contributed by atoms with Gasteiger partial charge < -0.3 is 10.1 Å². The first-order valence-corrected chi connectivity index (χ1v) is 10.6. The van der Waals surface area contributed by atoms with E-state index >= 15 is 0 Å². The molecule has 0 bridgehead atoms. The Morgan fingerprint density at radius 1 is 1.21 bits per heavy atom. The predicted molar refractivity (Wildman–Crippen MR) is 113 cm³/mol. The van der Waals surface area contributed by atoms with E-state index in [1.54, 1.807) is 19.2 Å². The number of aromatic nitrogens is 1. The summed E-state index contributed by atoms with van der Waals surface area (Å²) in [5.74, 6) is 0.676. The molecule has 1 aromatic heterocycles. The Balaban J connectivity index is 1.69. The van der Waals surface area contributed by atoms with Crippen molar-refractivity contribution in [3.8, 4) is 5.75 Å². The van der Waals surface area contributed by atoms with Crippen LogP contribution >= 0.6 is 11.5 Å². The third kappa shape index (κ3) is 4.32. The molecule has 1 aliphatic rings. The molecule has 150 valence electrons. The van der Waals surface area contributed by atoms with Crippen molar-refractivity contribution in [3.63, 3.8) is 0 Å². The second-order valence-electron chi connectivity index (χ2n) is 7.32. The highest BCUT2D eigenvalue weighted by atomic mass is 32.1. The Bertz CT molecular complexity index is 981. The van der Waals surface area contributed by atoms with Crippen LogP contribution < -0.4 is 10.1 Å². The zero-order valence-electron chi connectivity index (χ0n) is 16.2. The Morgan fingerprint density at radius 2 is 1.97 bits per heavy atom. The summed E-state index contributed by atoms with van der Waals surface area (Å²) in [4.78, 5) is 13.6. The van der Waals surface area contributed by atoms with Gasteiger partial charge in [0.1, 0.15) is 17.6 Å². The summed E-state index contributed by atoms with van der Waals surface area (Å²) in [5, 5.41) is 5.17. The zero-order chi connectivity index (χ0) is 20.2. The third-order valence-electron chi connectivity index (χ3n) is 5.45. The lowest BCUT2D eigenvalue weighted by molar-refractivity contribution is 0.0968. The number of ether oxygens (including phenoxy) is 1. The van der Waals surface area contributed by atoms with Gasteiger partial charge in [0.05, 0.1) is 18.4 Å². The van der Waals surface area contributed by atoms with Crippen LogP contribution in [0.1, 0.15) is 59.3 Å². The lowest BCUT2D eigenvalue weighted by Crippen LogP contribution is -2.22. The molecule has 1 atom stereocenters. The van der Waals surface area contributed by atoms with Gasteiger partial charge in [-0.15, -0.1) is 0 Å². The highest BCUT2D eigenvalue weighted by molar-refractivity contribution is 7.04. The minimum atomic E-state index is -0.640. The van der Waals surface area contributed by atoms with E-state index in [2.05, 4.69) is 9.69 Å². The van der Waals surface area contributed by atoms with Crippen LogP contribution in [0.15, 0.2) is 53.9 Å².